The van der Waals surface area contributed by atoms with E-state index in [0.717, 1.165) is 44.5 Å². The van der Waals surface area contributed by atoms with Gasteiger partial charge in [0.15, 0.2) is 6.29 Å². The number of benzene rings is 1. The van der Waals surface area contributed by atoms with Crippen molar-refractivity contribution >= 4 is 0 Å². The summed E-state index contributed by atoms with van der Waals surface area (Å²) in [5.74, 6) is 1.31. The van der Waals surface area contributed by atoms with Crippen LogP contribution < -0.4 is 4.74 Å². The van der Waals surface area contributed by atoms with Crippen molar-refractivity contribution in [2.45, 2.75) is 63.8 Å². The predicted octanol–water partition coefficient (Wildman–Crippen LogP) is 3.69. The molecule has 1 N–H and O–H groups in total. The van der Waals surface area contributed by atoms with Crippen molar-refractivity contribution in [1.29, 1.82) is 0 Å². The monoisotopic (exact) mass is 290 g/mol. The molecule has 1 heterocycles. The van der Waals surface area contributed by atoms with E-state index in [9.17, 15) is 5.11 Å². The molecule has 0 spiro atoms. The lowest BCUT2D eigenvalue weighted by Crippen LogP contribution is -2.26. The molecular weight excluding hydrogens is 264 g/mol. The zero-order valence-electron chi connectivity index (χ0n) is 12.7. The highest BCUT2D eigenvalue weighted by Gasteiger charge is 2.23. The van der Waals surface area contributed by atoms with Gasteiger partial charge in [-0.3, -0.25) is 0 Å². The van der Waals surface area contributed by atoms with E-state index in [1.54, 1.807) is 0 Å². The highest BCUT2D eigenvalue weighted by molar-refractivity contribution is 5.27. The van der Waals surface area contributed by atoms with Gasteiger partial charge in [-0.05, 0) is 55.7 Å². The first-order valence-electron chi connectivity index (χ1n) is 8.36. The van der Waals surface area contributed by atoms with Crippen molar-refractivity contribution in [3.63, 3.8) is 0 Å². The summed E-state index contributed by atoms with van der Waals surface area (Å²) in [6, 6.07) is 8.31. The molecule has 1 aromatic carbocycles. The largest absolute Gasteiger partial charge is 0.465 e. The van der Waals surface area contributed by atoms with Crippen LogP contribution in [0, 0.1) is 5.92 Å². The van der Waals surface area contributed by atoms with Crippen molar-refractivity contribution in [1.82, 2.24) is 0 Å². The molecule has 1 saturated heterocycles. The smallest absolute Gasteiger partial charge is 0.199 e. The third-order valence-electron chi connectivity index (χ3n) is 4.70. The second kappa shape index (κ2) is 7.28. The van der Waals surface area contributed by atoms with Crippen molar-refractivity contribution in [2.75, 3.05) is 6.61 Å². The van der Waals surface area contributed by atoms with Crippen LogP contribution in [0.3, 0.4) is 0 Å². The summed E-state index contributed by atoms with van der Waals surface area (Å²) in [6.45, 7) is 0.808. The maximum Gasteiger partial charge on any atom is 0.199 e. The summed E-state index contributed by atoms with van der Waals surface area (Å²) >= 11 is 0. The molecule has 0 bridgehead atoms. The van der Waals surface area contributed by atoms with Gasteiger partial charge in [-0.1, -0.05) is 25.0 Å². The van der Waals surface area contributed by atoms with E-state index in [2.05, 4.69) is 12.1 Å². The first kappa shape index (κ1) is 14.9. The molecule has 1 aromatic rings. The summed E-state index contributed by atoms with van der Waals surface area (Å²) in [5, 5.41) is 10.1. The molecule has 21 heavy (non-hydrogen) atoms. The molecule has 3 atom stereocenters. The van der Waals surface area contributed by atoms with Gasteiger partial charge in [0.2, 0.25) is 0 Å². The van der Waals surface area contributed by atoms with Gasteiger partial charge in [0.25, 0.3) is 0 Å². The Kier molecular flexibility index (Phi) is 5.15. The number of aliphatic hydroxyl groups is 1. The van der Waals surface area contributed by atoms with Crippen LogP contribution in [0.5, 0.6) is 5.75 Å². The topological polar surface area (TPSA) is 38.7 Å². The Morgan fingerprint density at radius 3 is 2.48 bits per heavy atom. The Balaban J connectivity index is 1.53. The van der Waals surface area contributed by atoms with Crippen LogP contribution in [0.25, 0.3) is 0 Å². The Hall–Kier alpha value is -1.06. The van der Waals surface area contributed by atoms with Crippen molar-refractivity contribution in [3.05, 3.63) is 29.8 Å². The number of hydrogen-bond donors (Lipinski definition) is 1. The Morgan fingerprint density at radius 1 is 1.00 bits per heavy atom. The summed E-state index contributed by atoms with van der Waals surface area (Å²) in [6.07, 6.45) is 8.62. The van der Waals surface area contributed by atoms with Crippen molar-refractivity contribution in [3.8, 4) is 5.75 Å². The molecule has 1 unspecified atom stereocenters. The number of rotatable bonds is 4. The van der Waals surface area contributed by atoms with Gasteiger partial charge < -0.3 is 14.6 Å². The zero-order chi connectivity index (χ0) is 14.5. The molecule has 0 amide bonds. The van der Waals surface area contributed by atoms with E-state index in [4.69, 9.17) is 9.47 Å². The zero-order valence-corrected chi connectivity index (χ0v) is 12.7. The van der Waals surface area contributed by atoms with Gasteiger partial charge in [-0.15, -0.1) is 0 Å². The highest BCUT2D eigenvalue weighted by atomic mass is 16.7. The fraction of sp³-hybridized carbons (Fsp3) is 0.667. The van der Waals surface area contributed by atoms with Gasteiger partial charge in [-0.25, -0.2) is 0 Å². The van der Waals surface area contributed by atoms with Crippen LogP contribution in [-0.4, -0.2) is 24.1 Å². The maximum atomic E-state index is 10.1. The average Bonchev–Trinajstić information content (AvgIpc) is 2.52. The van der Waals surface area contributed by atoms with Gasteiger partial charge in [0, 0.05) is 6.42 Å². The average molecular weight is 290 g/mol. The lowest BCUT2D eigenvalue weighted by molar-refractivity contribution is -0.105. The van der Waals surface area contributed by atoms with E-state index in [1.165, 1.54) is 24.8 Å². The molecule has 1 aliphatic heterocycles. The SMILES string of the molecule is O[C@@H]1CCCC[C@H]1Cc1ccc(OC2CCCCO2)cc1. The quantitative estimate of drug-likeness (QED) is 0.919. The lowest BCUT2D eigenvalue weighted by Gasteiger charge is -2.27. The second-order valence-corrected chi connectivity index (χ2v) is 6.37. The van der Waals surface area contributed by atoms with E-state index >= 15 is 0 Å². The molecule has 1 aliphatic carbocycles. The van der Waals surface area contributed by atoms with Crippen LogP contribution in [0.4, 0.5) is 0 Å². The third kappa shape index (κ3) is 4.21. The third-order valence-corrected chi connectivity index (χ3v) is 4.70. The summed E-state index contributed by atoms with van der Waals surface area (Å²) in [5.41, 5.74) is 1.29. The first-order chi connectivity index (χ1) is 10.3. The molecule has 0 aromatic heterocycles. The first-order valence-corrected chi connectivity index (χ1v) is 8.36. The van der Waals surface area contributed by atoms with E-state index in [0.29, 0.717) is 5.92 Å². The molecule has 0 radical (unpaired) electrons. The molecule has 1 saturated carbocycles. The van der Waals surface area contributed by atoms with Gasteiger partial charge in [-0.2, -0.15) is 0 Å². The summed E-state index contributed by atoms with van der Waals surface area (Å²) in [4.78, 5) is 0. The minimum Gasteiger partial charge on any atom is -0.465 e. The van der Waals surface area contributed by atoms with Crippen LogP contribution in [0.15, 0.2) is 24.3 Å². The van der Waals surface area contributed by atoms with Crippen LogP contribution in [0.2, 0.25) is 0 Å². The van der Waals surface area contributed by atoms with Crippen LogP contribution in [0.1, 0.15) is 50.5 Å². The molecule has 116 valence electrons. The van der Waals surface area contributed by atoms with Gasteiger partial charge in [0.1, 0.15) is 5.75 Å². The maximum absolute atomic E-state index is 10.1. The Bertz CT molecular complexity index is 423. The van der Waals surface area contributed by atoms with Gasteiger partial charge in [0.05, 0.1) is 12.7 Å². The highest BCUT2D eigenvalue weighted by Crippen LogP contribution is 2.28. The van der Waals surface area contributed by atoms with E-state index < -0.39 is 0 Å². The number of aliphatic hydroxyl groups excluding tert-OH is 1. The number of ether oxygens (including phenoxy) is 2. The van der Waals surface area contributed by atoms with Crippen molar-refractivity contribution < 1.29 is 14.6 Å². The van der Waals surface area contributed by atoms with Crippen LogP contribution >= 0.6 is 0 Å². The molecule has 3 rings (SSSR count). The normalized spacial score (nSPS) is 30.0. The second-order valence-electron chi connectivity index (χ2n) is 6.37. The van der Waals surface area contributed by atoms with E-state index in [1.807, 2.05) is 12.1 Å². The Morgan fingerprint density at radius 2 is 1.76 bits per heavy atom. The van der Waals surface area contributed by atoms with E-state index in [-0.39, 0.29) is 12.4 Å². The standard InChI is InChI=1S/C18H26O3/c19-17-6-2-1-5-15(17)13-14-8-10-16(11-9-14)21-18-7-3-4-12-20-18/h8-11,15,17-19H,1-7,12-13H2/t15-,17+,18?/m0/s1. The molecular formula is C18H26O3. The predicted molar refractivity (Wildman–Crippen MR) is 82.3 cm³/mol. The fourth-order valence-electron chi connectivity index (χ4n) is 3.39. The van der Waals surface area contributed by atoms with Crippen molar-refractivity contribution in [2.24, 2.45) is 5.92 Å². The molecule has 2 fully saturated rings. The Labute approximate surface area is 127 Å². The van der Waals surface area contributed by atoms with Gasteiger partial charge >= 0.3 is 0 Å². The minimum absolute atomic E-state index is 0.0789. The minimum atomic E-state index is -0.120. The molecule has 3 nitrogen and oxygen atoms in total. The molecule has 2 aliphatic rings. The number of hydrogen-bond acceptors (Lipinski definition) is 3. The summed E-state index contributed by atoms with van der Waals surface area (Å²) in [7, 11) is 0. The fourth-order valence-corrected chi connectivity index (χ4v) is 3.39. The van der Waals surface area contributed by atoms with Crippen LogP contribution in [-0.2, 0) is 11.2 Å². The summed E-state index contributed by atoms with van der Waals surface area (Å²) < 4.78 is 11.4. The lowest BCUT2D eigenvalue weighted by atomic mass is 9.82. The molecule has 3 heteroatoms.